The fraction of sp³-hybridized carbons (Fsp3) is 0.529. The van der Waals surface area contributed by atoms with Crippen molar-refractivity contribution in [1.82, 2.24) is 15.5 Å². The van der Waals surface area contributed by atoms with Crippen LogP contribution in [0.15, 0.2) is 24.3 Å². The summed E-state index contributed by atoms with van der Waals surface area (Å²) in [6.07, 6.45) is -0.248. The molecule has 0 radical (unpaired) electrons. The summed E-state index contributed by atoms with van der Waals surface area (Å²) < 4.78 is 13.9. The molecule has 0 saturated carbocycles. The Morgan fingerprint density at radius 1 is 1.27 bits per heavy atom. The maximum Gasteiger partial charge on any atom is 0.237 e. The molecule has 1 aliphatic heterocycles. The van der Waals surface area contributed by atoms with E-state index >= 15 is 0 Å². The number of halogens is 1. The summed E-state index contributed by atoms with van der Waals surface area (Å²) in [5, 5.41) is 32.9. The zero-order valence-corrected chi connectivity index (χ0v) is 14.3. The van der Waals surface area contributed by atoms with Gasteiger partial charge in [-0.3, -0.25) is 14.5 Å². The van der Waals surface area contributed by atoms with E-state index in [-0.39, 0.29) is 24.7 Å². The van der Waals surface area contributed by atoms with Crippen molar-refractivity contribution in [3.05, 3.63) is 35.6 Å². The highest BCUT2D eigenvalue weighted by Crippen LogP contribution is 2.16. The Kier molecular flexibility index (Phi) is 7.04. The van der Waals surface area contributed by atoms with Crippen molar-refractivity contribution in [3.63, 3.8) is 0 Å². The lowest BCUT2D eigenvalue weighted by molar-refractivity contribution is -0.135. The van der Waals surface area contributed by atoms with Gasteiger partial charge in [-0.05, 0) is 6.07 Å². The van der Waals surface area contributed by atoms with E-state index in [1.165, 1.54) is 6.07 Å². The third-order valence-electron chi connectivity index (χ3n) is 4.46. The van der Waals surface area contributed by atoms with Gasteiger partial charge in [0.2, 0.25) is 11.8 Å². The monoisotopic (exact) mass is 369 g/mol. The maximum atomic E-state index is 13.9. The average Bonchev–Trinajstić information content (AvgIpc) is 2.64. The Bertz CT molecular complexity index is 630. The van der Waals surface area contributed by atoms with Crippen molar-refractivity contribution in [2.75, 3.05) is 32.9 Å². The van der Waals surface area contributed by atoms with E-state index < -0.39 is 37.3 Å². The van der Waals surface area contributed by atoms with Crippen LogP contribution < -0.4 is 10.6 Å². The molecule has 1 saturated heterocycles. The van der Waals surface area contributed by atoms with Crippen molar-refractivity contribution in [2.45, 2.75) is 24.5 Å². The number of rotatable bonds is 8. The van der Waals surface area contributed by atoms with Gasteiger partial charge in [0.25, 0.3) is 0 Å². The molecule has 9 heteroatoms. The van der Waals surface area contributed by atoms with Crippen LogP contribution in [0, 0.1) is 5.82 Å². The largest absolute Gasteiger partial charge is 0.394 e. The molecule has 1 fully saturated rings. The van der Waals surface area contributed by atoms with E-state index in [2.05, 4.69) is 10.6 Å². The number of aliphatic hydroxyl groups excluding tert-OH is 3. The third-order valence-corrected chi connectivity index (χ3v) is 4.46. The van der Waals surface area contributed by atoms with Gasteiger partial charge in [0.05, 0.1) is 32.3 Å². The summed E-state index contributed by atoms with van der Waals surface area (Å²) in [4.78, 5) is 26.2. The summed E-state index contributed by atoms with van der Waals surface area (Å²) in [6, 6.07) is 5.40. The molecule has 8 nitrogen and oxygen atoms in total. The molecule has 1 aliphatic rings. The zero-order valence-electron chi connectivity index (χ0n) is 14.3. The second kappa shape index (κ2) is 9.04. The van der Waals surface area contributed by atoms with Gasteiger partial charge in [-0.15, -0.1) is 0 Å². The number of aliphatic hydroxyl groups is 3. The molecule has 1 aromatic carbocycles. The lowest BCUT2D eigenvalue weighted by atomic mass is 10.0. The number of carbonyl (C=O) groups excluding carboxylic acids is 2. The standard InChI is InChI=1S/C17H24FN3O5/c18-13-4-2-1-3-12(13)8-21-6-5-19-16(26)14(21)7-15(25)20-17(9-22,10-23)11-24/h1-4,14,22-24H,5-11H2,(H,19,26)(H,20,25)/t14-/m0/s1. The van der Waals surface area contributed by atoms with Gasteiger partial charge in [-0.2, -0.15) is 0 Å². The molecular weight excluding hydrogens is 345 g/mol. The highest BCUT2D eigenvalue weighted by atomic mass is 19.1. The van der Waals surface area contributed by atoms with Crippen molar-refractivity contribution in [1.29, 1.82) is 0 Å². The van der Waals surface area contributed by atoms with E-state index in [4.69, 9.17) is 0 Å². The number of hydrogen-bond acceptors (Lipinski definition) is 6. The van der Waals surface area contributed by atoms with Crippen molar-refractivity contribution < 1.29 is 29.3 Å². The first-order valence-corrected chi connectivity index (χ1v) is 8.33. The topological polar surface area (TPSA) is 122 Å². The highest BCUT2D eigenvalue weighted by molar-refractivity contribution is 5.89. The molecular formula is C17H24FN3O5. The Hall–Kier alpha value is -2.07. The van der Waals surface area contributed by atoms with Crippen molar-refractivity contribution >= 4 is 11.8 Å². The summed E-state index contributed by atoms with van der Waals surface area (Å²) >= 11 is 0. The number of carbonyl (C=O) groups is 2. The van der Waals surface area contributed by atoms with E-state index in [1.54, 1.807) is 23.1 Å². The predicted molar refractivity (Wildman–Crippen MR) is 90.4 cm³/mol. The molecule has 1 heterocycles. The molecule has 0 aliphatic carbocycles. The third kappa shape index (κ3) is 4.76. The fourth-order valence-electron chi connectivity index (χ4n) is 2.81. The van der Waals surface area contributed by atoms with E-state index in [0.717, 1.165) is 0 Å². The molecule has 0 aromatic heterocycles. The average molecular weight is 369 g/mol. The Morgan fingerprint density at radius 3 is 2.54 bits per heavy atom. The predicted octanol–water partition coefficient (Wildman–Crippen LogP) is -1.65. The van der Waals surface area contributed by atoms with Crippen LogP contribution in [0.1, 0.15) is 12.0 Å². The SMILES string of the molecule is O=C(C[C@H]1C(=O)NCCN1Cc1ccccc1F)NC(CO)(CO)CO. The number of nitrogens with zero attached hydrogens (tertiary/aromatic N) is 1. The maximum absolute atomic E-state index is 13.9. The summed E-state index contributed by atoms with van der Waals surface area (Å²) in [5.74, 6) is -1.35. The van der Waals surface area contributed by atoms with E-state index in [1.807, 2.05) is 0 Å². The second-order valence-electron chi connectivity index (χ2n) is 6.38. The zero-order chi connectivity index (χ0) is 19.2. The van der Waals surface area contributed by atoms with Crippen LogP contribution in [0.2, 0.25) is 0 Å². The number of amides is 2. The Morgan fingerprint density at radius 2 is 1.92 bits per heavy atom. The van der Waals surface area contributed by atoms with Gasteiger partial charge in [-0.1, -0.05) is 18.2 Å². The van der Waals surface area contributed by atoms with Gasteiger partial charge in [0.1, 0.15) is 11.4 Å². The van der Waals surface area contributed by atoms with Crippen LogP contribution in [-0.4, -0.2) is 76.5 Å². The molecule has 26 heavy (non-hydrogen) atoms. The normalized spacial score (nSPS) is 18.5. The van der Waals surface area contributed by atoms with Gasteiger partial charge in [-0.25, -0.2) is 4.39 Å². The quantitative estimate of drug-likeness (QED) is 0.374. The molecule has 2 rings (SSSR count). The molecule has 0 spiro atoms. The number of piperazine rings is 1. The minimum Gasteiger partial charge on any atom is -0.394 e. The first kappa shape index (κ1) is 20.2. The Balaban J connectivity index is 2.09. The summed E-state index contributed by atoms with van der Waals surface area (Å²) in [5.41, 5.74) is -1.14. The van der Waals surface area contributed by atoms with Crippen molar-refractivity contribution in [2.24, 2.45) is 0 Å². The number of hydrogen-bond donors (Lipinski definition) is 5. The number of nitrogens with one attached hydrogen (secondary N) is 2. The van der Waals surface area contributed by atoms with Gasteiger partial charge >= 0.3 is 0 Å². The van der Waals surface area contributed by atoms with Crippen LogP contribution >= 0.6 is 0 Å². The number of benzene rings is 1. The van der Waals surface area contributed by atoms with Crippen molar-refractivity contribution in [3.8, 4) is 0 Å². The summed E-state index contributed by atoms with van der Waals surface area (Å²) in [7, 11) is 0. The van der Waals surface area contributed by atoms with Gasteiger partial charge < -0.3 is 26.0 Å². The Labute approximate surface area is 150 Å². The second-order valence-corrected chi connectivity index (χ2v) is 6.38. The van der Waals surface area contributed by atoms with Gasteiger partial charge in [0.15, 0.2) is 0 Å². The van der Waals surface area contributed by atoms with Crippen LogP contribution in [0.25, 0.3) is 0 Å². The smallest absolute Gasteiger partial charge is 0.237 e. The van der Waals surface area contributed by atoms with Crippen LogP contribution in [-0.2, 0) is 16.1 Å². The minimum atomic E-state index is -1.56. The van der Waals surface area contributed by atoms with Crippen LogP contribution in [0.4, 0.5) is 4.39 Å². The first-order chi connectivity index (χ1) is 12.4. The lowest BCUT2D eigenvalue weighted by Gasteiger charge is -2.36. The molecule has 0 unspecified atom stereocenters. The van der Waals surface area contributed by atoms with Gasteiger partial charge in [0, 0.05) is 25.2 Å². The lowest BCUT2D eigenvalue weighted by Crippen LogP contribution is -2.60. The van der Waals surface area contributed by atoms with Crippen LogP contribution in [0.3, 0.4) is 0 Å². The molecule has 0 bridgehead atoms. The molecule has 5 N–H and O–H groups in total. The van der Waals surface area contributed by atoms with E-state index in [0.29, 0.717) is 18.7 Å². The molecule has 144 valence electrons. The fourth-order valence-corrected chi connectivity index (χ4v) is 2.81. The molecule has 1 aromatic rings. The van der Waals surface area contributed by atoms with Crippen LogP contribution in [0.5, 0.6) is 0 Å². The van der Waals surface area contributed by atoms with E-state index in [9.17, 15) is 29.3 Å². The highest BCUT2D eigenvalue weighted by Gasteiger charge is 2.35. The minimum absolute atomic E-state index is 0.170. The first-order valence-electron chi connectivity index (χ1n) is 8.33. The molecule has 1 atom stereocenters. The summed E-state index contributed by atoms with van der Waals surface area (Å²) in [6.45, 7) is -0.948. The molecule has 2 amide bonds.